The van der Waals surface area contributed by atoms with Crippen LogP contribution >= 0.6 is 11.3 Å². The quantitative estimate of drug-likeness (QED) is 0.558. The topological polar surface area (TPSA) is 84.0 Å². The molecule has 2 aromatic rings. The van der Waals surface area contributed by atoms with E-state index in [0.717, 1.165) is 46.6 Å². The van der Waals surface area contributed by atoms with Gasteiger partial charge in [0.25, 0.3) is 10.0 Å². The Hall–Kier alpha value is -2.49. The second kappa shape index (κ2) is 9.79. The molecule has 0 saturated heterocycles. The maximum absolute atomic E-state index is 13.5. The van der Waals surface area contributed by atoms with Crippen LogP contribution in [0.2, 0.25) is 0 Å². The highest BCUT2D eigenvalue weighted by Gasteiger charge is 2.37. The number of sulfonamides is 1. The van der Waals surface area contributed by atoms with E-state index in [1.807, 2.05) is 36.4 Å². The molecule has 0 spiro atoms. The predicted octanol–water partition coefficient (Wildman–Crippen LogP) is 3.39. The van der Waals surface area contributed by atoms with Crippen LogP contribution in [-0.4, -0.2) is 56.7 Å². The van der Waals surface area contributed by atoms with E-state index in [2.05, 4.69) is 0 Å². The summed E-state index contributed by atoms with van der Waals surface area (Å²) >= 11 is 1.08. The number of ether oxygens (including phenoxy) is 1. The van der Waals surface area contributed by atoms with Crippen molar-refractivity contribution in [3.05, 3.63) is 63.5 Å². The first-order chi connectivity index (χ1) is 15.8. The minimum atomic E-state index is -3.91. The van der Waals surface area contributed by atoms with Crippen molar-refractivity contribution in [2.75, 3.05) is 27.2 Å². The maximum atomic E-state index is 13.5. The molecule has 0 radical (unpaired) electrons. The van der Waals surface area contributed by atoms with Gasteiger partial charge < -0.3 is 9.64 Å². The van der Waals surface area contributed by atoms with Gasteiger partial charge >= 0.3 is 5.97 Å². The van der Waals surface area contributed by atoms with Crippen LogP contribution in [0.25, 0.3) is 0 Å². The molecule has 176 valence electrons. The normalized spacial score (nSPS) is 16.0. The first-order valence-electron chi connectivity index (χ1n) is 11.0. The summed E-state index contributed by atoms with van der Waals surface area (Å²) < 4.78 is 33.2. The molecular weight excluding hydrogens is 460 g/mol. The summed E-state index contributed by atoms with van der Waals surface area (Å²) in [5.74, 6) is -0.642. The molecule has 9 heteroatoms. The Morgan fingerprint density at radius 3 is 2.61 bits per heavy atom. The summed E-state index contributed by atoms with van der Waals surface area (Å²) in [5, 5.41) is 0. The lowest BCUT2D eigenvalue weighted by Gasteiger charge is -2.27. The molecule has 33 heavy (non-hydrogen) atoms. The zero-order chi connectivity index (χ0) is 23.6. The first-order valence-corrected chi connectivity index (χ1v) is 13.3. The summed E-state index contributed by atoms with van der Waals surface area (Å²) in [5.41, 5.74) is 2.67. The lowest BCUT2D eigenvalue weighted by atomic mass is 10.0. The number of benzene rings is 1. The Labute approximate surface area is 198 Å². The molecule has 0 bridgehead atoms. The van der Waals surface area contributed by atoms with Crippen molar-refractivity contribution in [2.24, 2.45) is 0 Å². The average Bonchev–Trinajstić information content (AvgIpc) is 3.50. The Kier molecular flexibility index (Phi) is 7.02. The van der Waals surface area contributed by atoms with Crippen molar-refractivity contribution < 1.29 is 22.7 Å². The van der Waals surface area contributed by atoms with Gasteiger partial charge in [-0.1, -0.05) is 36.4 Å². The molecule has 2 heterocycles. The molecule has 1 aliphatic heterocycles. The van der Waals surface area contributed by atoms with E-state index >= 15 is 0 Å². The van der Waals surface area contributed by atoms with Crippen LogP contribution in [-0.2, 0) is 38.9 Å². The smallest absolute Gasteiger partial charge is 0.340 e. The predicted molar refractivity (Wildman–Crippen MR) is 127 cm³/mol. The molecule has 1 aliphatic carbocycles. The van der Waals surface area contributed by atoms with Crippen LogP contribution in [0.3, 0.4) is 0 Å². The zero-order valence-corrected chi connectivity index (χ0v) is 20.5. The highest BCUT2D eigenvalue weighted by atomic mass is 32.2. The lowest BCUT2D eigenvalue weighted by Crippen LogP contribution is -2.36. The van der Waals surface area contributed by atoms with Gasteiger partial charge in [-0.05, 0) is 43.2 Å². The van der Waals surface area contributed by atoms with E-state index in [1.54, 1.807) is 4.90 Å². The number of carbonyl (C=O) groups is 2. The summed E-state index contributed by atoms with van der Waals surface area (Å²) in [7, 11) is -1.12. The Morgan fingerprint density at radius 2 is 1.94 bits per heavy atom. The van der Waals surface area contributed by atoms with Crippen molar-refractivity contribution in [2.45, 2.75) is 42.9 Å². The summed E-state index contributed by atoms with van der Waals surface area (Å²) in [6, 6.07) is 9.66. The van der Waals surface area contributed by atoms with Gasteiger partial charge in [-0.3, -0.25) is 4.79 Å². The van der Waals surface area contributed by atoms with Gasteiger partial charge in [0.05, 0.1) is 19.2 Å². The Bertz CT molecular complexity index is 1180. The lowest BCUT2D eigenvalue weighted by molar-refractivity contribution is -0.128. The zero-order valence-electron chi connectivity index (χ0n) is 18.9. The monoisotopic (exact) mass is 488 g/mol. The van der Waals surface area contributed by atoms with Gasteiger partial charge in [0, 0.05) is 30.6 Å². The van der Waals surface area contributed by atoms with Crippen LogP contribution in [0, 0.1) is 0 Å². The largest absolute Gasteiger partial charge is 0.465 e. The van der Waals surface area contributed by atoms with Gasteiger partial charge in [-0.2, -0.15) is 4.31 Å². The second-order valence-electron chi connectivity index (χ2n) is 8.32. The van der Waals surface area contributed by atoms with Gasteiger partial charge in [-0.15, -0.1) is 11.3 Å². The standard InChI is InChI=1S/C24H28N2O5S2/c1-25(14-12-17-8-4-3-5-9-17)33(29,30)24-21(23(28)31-2)19-13-15-26(16-20(19)32-24)22(27)18-10-6-7-11-18/h3-5,8-10H,6-7,11-16H2,1-2H3. The number of rotatable bonds is 7. The van der Waals surface area contributed by atoms with Gasteiger partial charge in [0.2, 0.25) is 5.91 Å². The SMILES string of the molecule is COC(=O)c1c(S(=O)(=O)N(C)CCc2ccccc2)sc2c1CCN(C(=O)C1=CCCC1)C2. The number of carbonyl (C=O) groups excluding carboxylic acids is 2. The fourth-order valence-corrected chi connectivity index (χ4v) is 7.57. The Balaban J connectivity index is 1.61. The molecule has 1 aromatic carbocycles. The van der Waals surface area contributed by atoms with Gasteiger partial charge in [0.15, 0.2) is 0 Å². The molecule has 0 unspecified atom stereocenters. The van der Waals surface area contributed by atoms with Crippen LogP contribution < -0.4 is 0 Å². The van der Waals surface area contributed by atoms with Crippen LogP contribution in [0.4, 0.5) is 0 Å². The number of thiophene rings is 1. The van der Waals surface area contributed by atoms with E-state index in [1.165, 1.54) is 18.5 Å². The fraction of sp³-hybridized carbons (Fsp3) is 0.417. The minimum Gasteiger partial charge on any atom is -0.465 e. The molecule has 1 aromatic heterocycles. The van der Waals surface area contributed by atoms with Crippen molar-refractivity contribution in [3.63, 3.8) is 0 Å². The number of esters is 1. The molecule has 7 nitrogen and oxygen atoms in total. The number of nitrogens with zero attached hydrogens (tertiary/aromatic N) is 2. The van der Waals surface area contributed by atoms with Gasteiger partial charge in [-0.25, -0.2) is 13.2 Å². The highest BCUT2D eigenvalue weighted by molar-refractivity contribution is 7.91. The summed E-state index contributed by atoms with van der Waals surface area (Å²) in [6.45, 7) is 1.05. The van der Waals surface area contributed by atoms with E-state index < -0.39 is 16.0 Å². The number of amides is 1. The maximum Gasteiger partial charge on any atom is 0.340 e. The molecule has 0 fully saturated rings. The summed E-state index contributed by atoms with van der Waals surface area (Å²) in [6.07, 6.45) is 5.67. The van der Waals surface area contributed by atoms with Crippen molar-refractivity contribution >= 4 is 33.2 Å². The third-order valence-electron chi connectivity index (χ3n) is 6.22. The molecule has 4 rings (SSSR count). The number of hydrogen-bond acceptors (Lipinski definition) is 6. The van der Waals surface area contributed by atoms with Crippen LogP contribution in [0.5, 0.6) is 0 Å². The number of hydrogen-bond donors (Lipinski definition) is 0. The van der Waals surface area contributed by atoms with E-state index in [-0.39, 0.29) is 22.2 Å². The third kappa shape index (κ3) is 4.76. The molecule has 2 aliphatic rings. The van der Waals surface area contributed by atoms with Crippen LogP contribution in [0.15, 0.2) is 46.2 Å². The van der Waals surface area contributed by atoms with E-state index in [9.17, 15) is 18.0 Å². The second-order valence-corrected chi connectivity index (χ2v) is 11.7. The molecule has 0 N–H and O–H groups in total. The van der Waals surface area contributed by atoms with Crippen molar-refractivity contribution in [1.29, 1.82) is 0 Å². The third-order valence-corrected chi connectivity index (χ3v) is 9.79. The number of fused-ring (bicyclic) bond motifs is 1. The number of likely N-dealkylation sites (N-methyl/N-ethyl adjacent to an activating group) is 1. The molecule has 0 saturated carbocycles. The average molecular weight is 489 g/mol. The first kappa shape index (κ1) is 23.7. The number of allylic oxidation sites excluding steroid dienone is 1. The van der Waals surface area contributed by atoms with Crippen molar-refractivity contribution in [3.8, 4) is 0 Å². The molecular formula is C24H28N2O5S2. The molecule has 0 atom stereocenters. The van der Waals surface area contributed by atoms with E-state index in [4.69, 9.17) is 4.74 Å². The Morgan fingerprint density at radius 1 is 1.18 bits per heavy atom. The summed E-state index contributed by atoms with van der Waals surface area (Å²) in [4.78, 5) is 28.0. The van der Waals surface area contributed by atoms with Crippen LogP contribution in [0.1, 0.15) is 45.6 Å². The minimum absolute atomic E-state index is 0.00397. The van der Waals surface area contributed by atoms with E-state index in [0.29, 0.717) is 31.5 Å². The van der Waals surface area contributed by atoms with Gasteiger partial charge in [0.1, 0.15) is 4.21 Å². The highest BCUT2D eigenvalue weighted by Crippen LogP contribution is 2.38. The number of methoxy groups -OCH3 is 1. The molecule has 1 amide bonds. The fourth-order valence-electron chi connectivity index (χ4n) is 4.30. The van der Waals surface area contributed by atoms with Crippen molar-refractivity contribution in [1.82, 2.24) is 9.21 Å².